The van der Waals surface area contributed by atoms with Crippen molar-refractivity contribution in [3.63, 3.8) is 0 Å². The average molecular weight is 349 g/mol. The number of amides is 2. The maximum absolute atomic E-state index is 13.6. The smallest absolute Gasteiger partial charge is 0.320 e. The van der Waals surface area contributed by atoms with Crippen LogP contribution in [0.15, 0.2) is 24.3 Å². The molecule has 2 fully saturated rings. The number of hydrogen-bond acceptors (Lipinski definition) is 3. The quantitative estimate of drug-likeness (QED) is 0.874. The number of carboxylic acids is 1. The monoisotopic (exact) mass is 349 g/mol. The lowest BCUT2D eigenvalue weighted by molar-refractivity contribution is -0.141. The number of piperidine rings is 1. The van der Waals surface area contributed by atoms with Gasteiger partial charge in [-0.25, -0.2) is 9.18 Å². The minimum absolute atomic E-state index is 0.0138. The van der Waals surface area contributed by atoms with Crippen molar-refractivity contribution in [3.05, 3.63) is 35.6 Å². The molecule has 0 aliphatic carbocycles. The third kappa shape index (κ3) is 3.76. The highest BCUT2D eigenvalue weighted by Gasteiger charge is 2.47. The number of carbonyl (C=O) groups is 2. The van der Waals surface area contributed by atoms with E-state index < -0.39 is 12.0 Å². The van der Waals surface area contributed by atoms with E-state index in [1.165, 1.54) is 6.07 Å². The van der Waals surface area contributed by atoms with Crippen molar-refractivity contribution in [2.75, 3.05) is 26.7 Å². The molecule has 7 heteroatoms. The molecule has 1 aromatic carbocycles. The molecular weight excluding hydrogens is 325 g/mol. The Labute approximate surface area is 146 Å². The summed E-state index contributed by atoms with van der Waals surface area (Å²) in [6, 6.07) is 5.77. The van der Waals surface area contributed by atoms with Crippen LogP contribution in [0.4, 0.5) is 9.18 Å². The second-order valence-corrected chi connectivity index (χ2v) is 7.21. The van der Waals surface area contributed by atoms with Gasteiger partial charge in [-0.3, -0.25) is 9.69 Å². The van der Waals surface area contributed by atoms with E-state index in [2.05, 4.69) is 5.32 Å². The first-order valence-corrected chi connectivity index (χ1v) is 8.59. The first-order chi connectivity index (χ1) is 11.9. The van der Waals surface area contributed by atoms with Gasteiger partial charge in [-0.15, -0.1) is 0 Å². The molecular formula is C18H24FN3O3. The number of carboxylic acid groups (broad SMARTS) is 1. The third-order valence-corrected chi connectivity index (χ3v) is 5.53. The van der Waals surface area contributed by atoms with Crippen molar-refractivity contribution in [3.8, 4) is 0 Å². The molecule has 2 amide bonds. The van der Waals surface area contributed by atoms with Crippen LogP contribution >= 0.6 is 0 Å². The van der Waals surface area contributed by atoms with Gasteiger partial charge in [-0.1, -0.05) is 18.2 Å². The second kappa shape index (κ2) is 7.00. The molecule has 0 saturated carbocycles. The Morgan fingerprint density at radius 2 is 2.00 bits per heavy atom. The Morgan fingerprint density at radius 3 is 2.60 bits per heavy atom. The lowest BCUT2D eigenvalue weighted by Crippen LogP contribution is -2.47. The van der Waals surface area contributed by atoms with Crippen LogP contribution in [0.1, 0.15) is 24.8 Å². The lowest BCUT2D eigenvalue weighted by Gasteiger charge is -2.39. The molecule has 25 heavy (non-hydrogen) atoms. The summed E-state index contributed by atoms with van der Waals surface area (Å²) in [5, 5.41) is 12.1. The van der Waals surface area contributed by atoms with Crippen molar-refractivity contribution >= 4 is 12.0 Å². The largest absolute Gasteiger partial charge is 0.480 e. The number of benzene rings is 1. The highest BCUT2D eigenvalue weighted by Crippen LogP contribution is 2.42. The van der Waals surface area contributed by atoms with Crippen LogP contribution in [-0.2, 0) is 11.3 Å². The van der Waals surface area contributed by atoms with Gasteiger partial charge in [-0.05, 0) is 37.8 Å². The third-order valence-electron chi connectivity index (χ3n) is 5.53. The van der Waals surface area contributed by atoms with Crippen molar-refractivity contribution in [2.24, 2.45) is 5.41 Å². The van der Waals surface area contributed by atoms with Crippen LogP contribution in [0, 0.1) is 11.2 Å². The maximum atomic E-state index is 13.6. The molecule has 2 N–H and O–H groups in total. The maximum Gasteiger partial charge on any atom is 0.320 e. The molecule has 6 nitrogen and oxygen atoms in total. The predicted molar refractivity (Wildman–Crippen MR) is 90.5 cm³/mol. The average Bonchev–Trinajstić information content (AvgIpc) is 2.91. The van der Waals surface area contributed by atoms with Crippen molar-refractivity contribution in [1.29, 1.82) is 0 Å². The van der Waals surface area contributed by atoms with Crippen LogP contribution < -0.4 is 5.32 Å². The Balaban J connectivity index is 1.51. The van der Waals surface area contributed by atoms with Crippen molar-refractivity contribution in [2.45, 2.75) is 31.8 Å². The van der Waals surface area contributed by atoms with E-state index in [1.54, 1.807) is 23.1 Å². The molecule has 1 unspecified atom stereocenters. The number of halogens is 1. The molecule has 136 valence electrons. The highest BCUT2D eigenvalue weighted by atomic mass is 19.1. The summed E-state index contributed by atoms with van der Waals surface area (Å²) in [5.74, 6) is -1.10. The molecule has 1 spiro atoms. The summed E-state index contributed by atoms with van der Waals surface area (Å²) in [6.45, 7) is 2.12. The highest BCUT2D eigenvalue weighted by molar-refractivity contribution is 5.75. The van der Waals surface area contributed by atoms with Gasteiger partial charge in [0, 0.05) is 31.7 Å². The van der Waals surface area contributed by atoms with Gasteiger partial charge in [0.1, 0.15) is 11.9 Å². The number of carbonyl (C=O) groups excluding carboxylic acids is 1. The van der Waals surface area contributed by atoms with Crippen molar-refractivity contribution in [1.82, 2.24) is 15.1 Å². The van der Waals surface area contributed by atoms with Crippen LogP contribution in [-0.4, -0.2) is 59.6 Å². The van der Waals surface area contributed by atoms with Crippen LogP contribution in [0.5, 0.6) is 0 Å². The fraction of sp³-hybridized carbons (Fsp3) is 0.556. The minimum atomic E-state index is -0.774. The number of hydrogen-bond donors (Lipinski definition) is 2. The summed E-state index contributed by atoms with van der Waals surface area (Å²) in [7, 11) is 1.85. The second-order valence-electron chi connectivity index (χ2n) is 7.21. The molecule has 2 aliphatic heterocycles. The van der Waals surface area contributed by atoms with Gasteiger partial charge in [-0.2, -0.15) is 0 Å². The molecule has 1 atom stereocenters. The topological polar surface area (TPSA) is 72.9 Å². The van der Waals surface area contributed by atoms with Gasteiger partial charge in [0.25, 0.3) is 0 Å². The Morgan fingerprint density at radius 1 is 1.32 bits per heavy atom. The predicted octanol–water partition coefficient (Wildman–Crippen LogP) is 1.91. The molecule has 2 aliphatic rings. The van der Waals surface area contributed by atoms with Gasteiger partial charge in [0.2, 0.25) is 0 Å². The molecule has 3 rings (SSSR count). The zero-order valence-electron chi connectivity index (χ0n) is 14.4. The summed E-state index contributed by atoms with van der Waals surface area (Å²) < 4.78 is 13.6. The number of urea groups is 1. The van der Waals surface area contributed by atoms with Gasteiger partial charge < -0.3 is 15.3 Å². The van der Waals surface area contributed by atoms with E-state index in [1.807, 2.05) is 11.9 Å². The summed E-state index contributed by atoms with van der Waals surface area (Å²) >= 11 is 0. The summed E-state index contributed by atoms with van der Waals surface area (Å²) in [6.07, 6.45) is 2.24. The number of likely N-dealkylation sites (N-methyl/N-ethyl adjacent to an activating group) is 1. The molecule has 0 aromatic heterocycles. The first-order valence-electron chi connectivity index (χ1n) is 8.59. The van der Waals surface area contributed by atoms with E-state index in [4.69, 9.17) is 0 Å². The van der Waals surface area contributed by atoms with E-state index in [0.29, 0.717) is 25.1 Å². The fourth-order valence-electron chi connectivity index (χ4n) is 4.02. The number of rotatable bonds is 3. The normalized spacial score (nSPS) is 23.0. The Bertz CT molecular complexity index is 659. The van der Waals surface area contributed by atoms with E-state index in [9.17, 15) is 19.1 Å². The van der Waals surface area contributed by atoms with Gasteiger partial charge >= 0.3 is 12.0 Å². The molecule has 1 aromatic rings. The molecule has 0 bridgehead atoms. The van der Waals surface area contributed by atoms with E-state index >= 15 is 0 Å². The fourth-order valence-corrected chi connectivity index (χ4v) is 4.02. The standard InChI is InChI=1S/C18H24FN3O3/c1-21-12-18(10-15(21)16(23)24)6-8-22(9-7-18)17(25)20-11-13-4-2-3-5-14(13)19/h2-5,15H,6-12H2,1H3,(H,20,25)(H,23,24). The van der Waals surface area contributed by atoms with Crippen molar-refractivity contribution < 1.29 is 19.1 Å². The Hall–Kier alpha value is -2.15. The van der Waals surface area contributed by atoms with Gasteiger partial charge in [0.15, 0.2) is 0 Å². The molecule has 0 radical (unpaired) electrons. The lowest BCUT2D eigenvalue weighted by atomic mass is 9.76. The van der Waals surface area contributed by atoms with Crippen LogP contribution in [0.3, 0.4) is 0 Å². The number of nitrogens with one attached hydrogen (secondary N) is 1. The van der Waals surface area contributed by atoms with E-state index in [-0.39, 0.29) is 23.8 Å². The van der Waals surface area contributed by atoms with Gasteiger partial charge in [0.05, 0.1) is 0 Å². The zero-order chi connectivity index (χ0) is 18.0. The first kappa shape index (κ1) is 17.7. The molecule has 2 saturated heterocycles. The minimum Gasteiger partial charge on any atom is -0.480 e. The SMILES string of the molecule is CN1CC2(CCN(C(=O)NCc3ccccc3F)CC2)CC1C(=O)O. The van der Waals surface area contributed by atoms with Crippen LogP contribution in [0.25, 0.3) is 0 Å². The van der Waals surface area contributed by atoms with Crippen LogP contribution in [0.2, 0.25) is 0 Å². The van der Waals surface area contributed by atoms with E-state index in [0.717, 1.165) is 19.4 Å². The molecule has 2 heterocycles. The zero-order valence-corrected chi connectivity index (χ0v) is 14.4. The summed E-state index contributed by atoms with van der Waals surface area (Å²) in [5.41, 5.74) is 0.450. The Kier molecular flexibility index (Phi) is 4.94. The number of nitrogens with zero attached hydrogens (tertiary/aromatic N) is 2. The number of likely N-dealkylation sites (tertiary alicyclic amines) is 2. The summed E-state index contributed by atoms with van der Waals surface area (Å²) in [4.78, 5) is 27.3. The number of aliphatic carboxylic acids is 1.